The third-order valence-electron chi connectivity index (χ3n) is 3.84. The first kappa shape index (κ1) is 18.6. The second-order valence-electron chi connectivity index (χ2n) is 5.71. The predicted octanol–water partition coefficient (Wildman–Crippen LogP) is 3.47. The van der Waals surface area contributed by atoms with Gasteiger partial charge in [-0.25, -0.2) is 4.98 Å². The lowest BCUT2D eigenvalue weighted by molar-refractivity contribution is 0.101. The summed E-state index contributed by atoms with van der Waals surface area (Å²) >= 11 is 0. The number of carbonyl (C=O) groups is 2. The molecule has 7 nitrogen and oxygen atoms in total. The number of amides is 2. The Morgan fingerprint density at radius 1 is 0.893 bits per heavy atom. The summed E-state index contributed by atoms with van der Waals surface area (Å²) in [5.41, 5.74) is 1.71. The number of methoxy groups -OCH3 is 1. The molecule has 2 amide bonds. The van der Waals surface area contributed by atoms with Crippen molar-refractivity contribution in [2.24, 2.45) is 0 Å². The van der Waals surface area contributed by atoms with Gasteiger partial charge in [-0.1, -0.05) is 18.2 Å². The van der Waals surface area contributed by atoms with Crippen molar-refractivity contribution in [1.29, 1.82) is 5.26 Å². The summed E-state index contributed by atoms with van der Waals surface area (Å²) in [4.78, 5) is 29.0. The Hall–Kier alpha value is -4.18. The normalized spacial score (nSPS) is 9.86. The number of rotatable bonds is 5. The summed E-state index contributed by atoms with van der Waals surface area (Å²) in [6, 6.07) is 20.1. The van der Waals surface area contributed by atoms with Gasteiger partial charge in [-0.15, -0.1) is 0 Å². The van der Waals surface area contributed by atoms with Crippen LogP contribution in [-0.4, -0.2) is 23.9 Å². The maximum absolute atomic E-state index is 12.5. The molecule has 2 N–H and O–H groups in total. The number of nitrogens with zero attached hydrogens (tertiary/aromatic N) is 2. The number of para-hydroxylation sites is 2. The van der Waals surface area contributed by atoms with Gasteiger partial charge in [0, 0.05) is 5.69 Å². The first-order valence-corrected chi connectivity index (χ1v) is 8.33. The molecule has 0 unspecified atom stereocenters. The number of carbonyl (C=O) groups excluding carboxylic acids is 2. The van der Waals surface area contributed by atoms with E-state index in [0.717, 1.165) is 0 Å². The predicted molar refractivity (Wildman–Crippen MR) is 104 cm³/mol. The summed E-state index contributed by atoms with van der Waals surface area (Å²) in [6.45, 7) is 0. The molecule has 138 valence electrons. The zero-order chi connectivity index (χ0) is 19.9. The average Bonchev–Trinajstić information content (AvgIpc) is 2.74. The van der Waals surface area contributed by atoms with Crippen LogP contribution in [0.4, 0.5) is 11.4 Å². The molecule has 2 aromatic carbocycles. The molecule has 0 aliphatic carbocycles. The van der Waals surface area contributed by atoms with Crippen LogP contribution in [-0.2, 0) is 0 Å². The number of benzene rings is 2. The standard InChI is InChI=1S/C21H16N4O3/c1-28-19-8-3-2-5-16(19)25-21(27)18-7-4-6-17(24-18)20(26)23-15-11-9-14(13-22)10-12-15/h2-12H,1H3,(H,23,26)(H,25,27). The number of aromatic nitrogens is 1. The van der Waals surface area contributed by atoms with Crippen molar-refractivity contribution < 1.29 is 14.3 Å². The van der Waals surface area contributed by atoms with Crippen molar-refractivity contribution in [3.05, 3.63) is 83.7 Å². The molecule has 1 heterocycles. The SMILES string of the molecule is COc1ccccc1NC(=O)c1cccc(C(=O)Nc2ccc(C#N)cc2)n1. The summed E-state index contributed by atoms with van der Waals surface area (Å²) in [6.07, 6.45) is 0. The van der Waals surface area contributed by atoms with E-state index in [4.69, 9.17) is 10.00 Å². The van der Waals surface area contributed by atoms with Crippen LogP contribution in [0.3, 0.4) is 0 Å². The third kappa shape index (κ3) is 4.31. The van der Waals surface area contributed by atoms with E-state index in [1.807, 2.05) is 6.07 Å². The van der Waals surface area contributed by atoms with Crippen molar-refractivity contribution in [3.8, 4) is 11.8 Å². The molecule has 3 rings (SSSR count). The van der Waals surface area contributed by atoms with E-state index >= 15 is 0 Å². The Morgan fingerprint density at radius 3 is 2.18 bits per heavy atom. The first-order chi connectivity index (χ1) is 13.6. The van der Waals surface area contributed by atoms with E-state index in [9.17, 15) is 9.59 Å². The van der Waals surface area contributed by atoms with Gasteiger partial charge in [0.25, 0.3) is 11.8 Å². The third-order valence-corrected chi connectivity index (χ3v) is 3.84. The fourth-order valence-electron chi connectivity index (χ4n) is 2.45. The van der Waals surface area contributed by atoms with E-state index in [2.05, 4.69) is 15.6 Å². The number of pyridine rings is 1. The van der Waals surface area contributed by atoms with Crippen LogP contribution >= 0.6 is 0 Å². The van der Waals surface area contributed by atoms with Gasteiger partial charge in [0.05, 0.1) is 24.4 Å². The van der Waals surface area contributed by atoms with Gasteiger partial charge in [-0.3, -0.25) is 9.59 Å². The highest BCUT2D eigenvalue weighted by Gasteiger charge is 2.14. The Balaban J connectivity index is 1.74. The van der Waals surface area contributed by atoms with Gasteiger partial charge in [0.15, 0.2) is 0 Å². The largest absolute Gasteiger partial charge is 0.495 e. The number of anilines is 2. The molecule has 0 spiro atoms. The van der Waals surface area contributed by atoms with Crippen molar-refractivity contribution >= 4 is 23.2 Å². The minimum atomic E-state index is -0.461. The molecule has 1 aromatic heterocycles. The number of ether oxygens (including phenoxy) is 1. The van der Waals surface area contributed by atoms with Crippen LogP contribution in [0.25, 0.3) is 0 Å². The maximum atomic E-state index is 12.5. The van der Waals surface area contributed by atoms with Crippen LogP contribution in [0.2, 0.25) is 0 Å². The Morgan fingerprint density at radius 2 is 1.54 bits per heavy atom. The minimum Gasteiger partial charge on any atom is -0.495 e. The molecule has 0 saturated carbocycles. The van der Waals surface area contributed by atoms with Crippen LogP contribution in [0.15, 0.2) is 66.7 Å². The molecule has 7 heteroatoms. The van der Waals surface area contributed by atoms with E-state index in [1.54, 1.807) is 54.6 Å². The van der Waals surface area contributed by atoms with E-state index in [0.29, 0.717) is 22.7 Å². The Kier molecular flexibility index (Phi) is 5.63. The topological polar surface area (TPSA) is 104 Å². The summed E-state index contributed by atoms with van der Waals surface area (Å²) in [5, 5.41) is 14.2. The van der Waals surface area contributed by atoms with Crippen LogP contribution in [0, 0.1) is 11.3 Å². The molecule has 0 aliphatic heterocycles. The van der Waals surface area contributed by atoms with Crippen LogP contribution < -0.4 is 15.4 Å². The monoisotopic (exact) mass is 372 g/mol. The van der Waals surface area contributed by atoms with Crippen molar-refractivity contribution in [2.75, 3.05) is 17.7 Å². The van der Waals surface area contributed by atoms with Gasteiger partial charge < -0.3 is 15.4 Å². The quantitative estimate of drug-likeness (QED) is 0.714. The highest BCUT2D eigenvalue weighted by Crippen LogP contribution is 2.23. The summed E-state index contributed by atoms with van der Waals surface area (Å²) in [5.74, 6) is -0.403. The second-order valence-corrected chi connectivity index (χ2v) is 5.71. The fourth-order valence-corrected chi connectivity index (χ4v) is 2.45. The molecule has 0 fully saturated rings. The lowest BCUT2D eigenvalue weighted by atomic mass is 10.2. The molecule has 0 saturated heterocycles. The number of hydrogen-bond acceptors (Lipinski definition) is 5. The summed E-state index contributed by atoms with van der Waals surface area (Å²) < 4.78 is 5.21. The molecular weight excluding hydrogens is 356 g/mol. The van der Waals surface area contributed by atoms with Gasteiger partial charge in [-0.2, -0.15) is 5.26 Å². The number of nitrogens with one attached hydrogen (secondary N) is 2. The highest BCUT2D eigenvalue weighted by atomic mass is 16.5. The molecular formula is C21H16N4O3. The molecule has 0 atom stereocenters. The number of hydrogen-bond donors (Lipinski definition) is 2. The maximum Gasteiger partial charge on any atom is 0.274 e. The van der Waals surface area contributed by atoms with Crippen molar-refractivity contribution in [1.82, 2.24) is 4.98 Å². The van der Waals surface area contributed by atoms with E-state index < -0.39 is 11.8 Å². The Bertz CT molecular complexity index is 1060. The van der Waals surface area contributed by atoms with Crippen molar-refractivity contribution in [2.45, 2.75) is 0 Å². The fraction of sp³-hybridized carbons (Fsp3) is 0.0476. The lowest BCUT2D eigenvalue weighted by Crippen LogP contribution is -2.18. The molecule has 0 bridgehead atoms. The van der Waals surface area contributed by atoms with Crippen LogP contribution in [0.1, 0.15) is 26.5 Å². The van der Waals surface area contributed by atoms with E-state index in [-0.39, 0.29) is 11.4 Å². The number of nitriles is 1. The van der Waals surface area contributed by atoms with Crippen molar-refractivity contribution in [3.63, 3.8) is 0 Å². The minimum absolute atomic E-state index is 0.0945. The average molecular weight is 372 g/mol. The molecule has 28 heavy (non-hydrogen) atoms. The van der Waals surface area contributed by atoms with Gasteiger partial charge in [0.2, 0.25) is 0 Å². The van der Waals surface area contributed by atoms with Gasteiger partial charge >= 0.3 is 0 Å². The van der Waals surface area contributed by atoms with Gasteiger partial charge in [-0.05, 0) is 48.5 Å². The highest BCUT2D eigenvalue weighted by molar-refractivity contribution is 6.06. The zero-order valence-corrected chi connectivity index (χ0v) is 15.0. The lowest BCUT2D eigenvalue weighted by Gasteiger charge is -2.10. The molecule has 0 radical (unpaired) electrons. The van der Waals surface area contributed by atoms with E-state index in [1.165, 1.54) is 19.2 Å². The zero-order valence-electron chi connectivity index (χ0n) is 15.0. The van der Waals surface area contributed by atoms with Crippen LogP contribution in [0.5, 0.6) is 5.75 Å². The molecule has 3 aromatic rings. The second kappa shape index (κ2) is 8.47. The van der Waals surface area contributed by atoms with Gasteiger partial charge in [0.1, 0.15) is 17.1 Å². The summed E-state index contributed by atoms with van der Waals surface area (Å²) in [7, 11) is 1.51. The molecule has 0 aliphatic rings. The first-order valence-electron chi connectivity index (χ1n) is 8.33. The Labute approximate surface area is 161 Å². The smallest absolute Gasteiger partial charge is 0.274 e.